The molecular formula is C19H21NO3. The molecule has 0 aromatic heterocycles. The molecule has 2 N–H and O–H groups in total. The van der Waals surface area contributed by atoms with E-state index in [4.69, 9.17) is 4.74 Å². The second kappa shape index (κ2) is 7.29. The van der Waals surface area contributed by atoms with Gasteiger partial charge in [0.2, 0.25) is 5.91 Å². The number of fused-ring (bicyclic) bond motifs is 1. The summed E-state index contributed by atoms with van der Waals surface area (Å²) in [5.74, 6) is 0.318. The summed E-state index contributed by atoms with van der Waals surface area (Å²) < 4.78 is 5.81. The lowest BCUT2D eigenvalue weighted by molar-refractivity contribution is -0.120. The highest BCUT2D eigenvalue weighted by atomic mass is 16.5. The normalized spacial score (nSPS) is 16.6. The first-order valence-electron chi connectivity index (χ1n) is 7.96. The minimum absolute atomic E-state index is 0.0172. The Labute approximate surface area is 136 Å². The molecule has 2 aromatic rings. The van der Waals surface area contributed by atoms with Crippen molar-refractivity contribution >= 4 is 5.91 Å². The van der Waals surface area contributed by atoms with Crippen molar-refractivity contribution < 1.29 is 14.6 Å². The maximum Gasteiger partial charge on any atom is 0.224 e. The molecule has 0 bridgehead atoms. The molecule has 4 nitrogen and oxygen atoms in total. The molecule has 0 aliphatic carbocycles. The van der Waals surface area contributed by atoms with Crippen molar-refractivity contribution in [3.63, 3.8) is 0 Å². The van der Waals surface area contributed by atoms with Crippen LogP contribution in [-0.4, -0.2) is 24.2 Å². The standard InChI is InChI=1S/C19H21NO3/c21-16-6-7-17-15(13-16)9-11-23-18(17)8-10-20-19(22)12-14-4-2-1-3-5-14/h1-7,13,18,21H,8-12H2,(H,20,22). The van der Waals surface area contributed by atoms with Crippen LogP contribution in [0, 0.1) is 0 Å². The van der Waals surface area contributed by atoms with Crippen LogP contribution in [-0.2, 0) is 22.4 Å². The molecule has 1 unspecified atom stereocenters. The van der Waals surface area contributed by atoms with Gasteiger partial charge in [-0.05, 0) is 41.7 Å². The first kappa shape index (κ1) is 15.6. The molecule has 4 heteroatoms. The Bertz CT molecular complexity index is 670. The molecule has 1 aliphatic rings. The molecule has 1 aliphatic heterocycles. The van der Waals surface area contributed by atoms with E-state index in [0.717, 1.165) is 29.5 Å². The van der Waals surface area contributed by atoms with Crippen LogP contribution in [0.3, 0.4) is 0 Å². The van der Waals surface area contributed by atoms with Gasteiger partial charge in [-0.3, -0.25) is 4.79 Å². The highest BCUT2D eigenvalue weighted by Crippen LogP contribution is 2.31. The highest BCUT2D eigenvalue weighted by molar-refractivity contribution is 5.78. The van der Waals surface area contributed by atoms with Gasteiger partial charge in [0.25, 0.3) is 0 Å². The predicted molar refractivity (Wildman–Crippen MR) is 88.3 cm³/mol. The molecular weight excluding hydrogens is 290 g/mol. The van der Waals surface area contributed by atoms with E-state index in [2.05, 4.69) is 5.32 Å². The van der Waals surface area contributed by atoms with E-state index in [1.165, 1.54) is 0 Å². The van der Waals surface area contributed by atoms with Crippen LogP contribution >= 0.6 is 0 Å². The molecule has 3 rings (SSSR count). The highest BCUT2D eigenvalue weighted by Gasteiger charge is 2.21. The largest absolute Gasteiger partial charge is 0.508 e. The van der Waals surface area contributed by atoms with Crippen molar-refractivity contribution in [2.45, 2.75) is 25.4 Å². The van der Waals surface area contributed by atoms with Crippen LogP contribution in [0.2, 0.25) is 0 Å². The molecule has 0 saturated carbocycles. The minimum atomic E-state index is -0.0172. The molecule has 0 radical (unpaired) electrons. The number of hydrogen-bond acceptors (Lipinski definition) is 3. The van der Waals surface area contributed by atoms with E-state index in [9.17, 15) is 9.90 Å². The number of carbonyl (C=O) groups is 1. The van der Waals surface area contributed by atoms with E-state index >= 15 is 0 Å². The molecule has 0 saturated heterocycles. The van der Waals surface area contributed by atoms with Gasteiger partial charge < -0.3 is 15.2 Å². The zero-order chi connectivity index (χ0) is 16.1. The van der Waals surface area contributed by atoms with E-state index in [1.54, 1.807) is 12.1 Å². The first-order valence-corrected chi connectivity index (χ1v) is 7.96. The number of carbonyl (C=O) groups excluding carboxylic acids is 1. The Morgan fingerprint density at radius 1 is 1.22 bits per heavy atom. The third-order valence-electron chi connectivity index (χ3n) is 4.10. The summed E-state index contributed by atoms with van der Waals surface area (Å²) in [5, 5.41) is 12.5. The quantitative estimate of drug-likeness (QED) is 0.892. The van der Waals surface area contributed by atoms with Crippen LogP contribution in [0.25, 0.3) is 0 Å². The predicted octanol–water partition coefficient (Wildman–Crippen LogP) is 2.76. The summed E-state index contributed by atoms with van der Waals surface area (Å²) in [4.78, 5) is 12.0. The number of phenolic OH excluding ortho intramolecular Hbond substituents is 1. The third kappa shape index (κ3) is 4.11. The summed E-state index contributed by atoms with van der Waals surface area (Å²) in [6.45, 7) is 1.23. The molecule has 120 valence electrons. The Balaban J connectivity index is 1.51. The number of nitrogens with one attached hydrogen (secondary N) is 1. The fraction of sp³-hybridized carbons (Fsp3) is 0.316. The number of phenols is 1. The Kier molecular flexibility index (Phi) is 4.93. The number of benzene rings is 2. The fourth-order valence-corrected chi connectivity index (χ4v) is 2.95. The van der Waals surface area contributed by atoms with Gasteiger partial charge in [0.15, 0.2) is 0 Å². The Morgan fingerprint density at radius 3 is 2.87 bits per heavy atom. The smallest absolute Gasteiger partial charge is 0.224 e. The van der Waals surface area contributed by atoms with Crippen LogP contribution in [0.4, 0.5) is 0 Å². The summed E-state index contributed by atoms with van der Waals surface area (Å²) >= 11 is 0. The van der Waals surface area contributed by atoms with Crippen molar-refractivity contribution in [2.24, 2.45) is 0 Å². The summed E-state index contributed by atoms with van der Waals surface area (Å²) in [6.07, 6.45) is 1.94. The topological polar surface area (TPSA) is 58.6 Å². The Hall–Kier alpha value is -2.33. The summed E-state index contributed by atoms with van der Waals surface area (Å²) in [7, 11) is 0. The number of aromatic hydroxyl groups is 1. The zero-order valence-corrected chi connectivity index (χ0v) is 13.0. The minimum Gasteiger partial charge on any atom is -0.508 e. The lowest BCUT2D eigenvalue weighted by atomic mass is 9.95. The number of hydrogen-bond donors (Lipinski definition) is 2. The molecule has 2 aromatic carbocycles. The van der Waals surface area contributed by atoms with Crippen molar-refractivity contribution in [1.82, 2.24) is 5.32 Å². The van der Waals surface area contributed by atoms with Gasteiger partial charge in [0, 0.05) is 6.54 Å². The zero-order valence-electron chi connectivity index (χ0n) is 13.0. The third-order valence-corrected chi connectivity index (χ3v) is 4.10. The average Bonchev–Trinajstić information content (AvgIpc) is 2.55. The van der Waals surface area contributed by atoms with Gasteiger partial charge in [-0.2, -0.15) is 0 Å². The van der Waals surface area contributed by atoms with Crippen LogP contribution < -0.4 is 5.32 Å². The van der Waals surface area contributed by atoms with Gasteiger partial charge in [0.05, 0.1) is 19.1 Å². The molecule has 0 spiro atoms. The second-order valence-corrected chi connectivity index (χ2v) is 5.79. The number of rotatable bonds is 5. The van der Waals surface area contributed by atoms with E-state index < -0.39 is 0 Å². The van der Waals surface area contributed by atoms with Crippen molar-refractivity contribution in [2.75, 3.05) is 13.2 Å². The molecule has 1 atom stereocenters. The Morgan fingerprint density at radius 2 is 2.04 bits per heavy atom. The number of ether oxygens (including phenoxy) is 1. The van der Waals surface area contributed by atoms with Crippen molar-refractivity contribution in [3.05, 3.63) is 65.2 Å². The van der Waals surface area contributed by atoms with E-state index in [1.807, 2.05) is 36.4 Å². The molecule has 1 heterocycles. The van der Waals surface area contributed by atoms with E-state index in [0.29, 0.717) is 25.3 Å². The van der Waals surface area contributed by atoms with E-state index in [-0.39, 0.29) is 12.0 Å². The van der Waals surface area contributed by atoms with Crippen molar-refractivity contribution in [1.29, 1.82) is 0 Å². The van der Waals surface area contributed by atoms with Gasteiger partial charge >= 0.3 is 0 Å². The lowest BCUT2D eigenvalue weighted by Crippen LogP contribution is -2.28. The summed E-state index contributed by atoms with van der Waals surface area (Å²) in [6, 6.07) is 15.1. The summed E-state index contributed by atoms with van der Waals surface area (Å²) in [5.41, 5.74) is 3.27. The van der Waals surface area contributed by atoms with Gasteiger partial charge in [-0.25, -0.2) is 0 Å². The molecule has 1 amide bonds. The maximum absolute atomic E-state index is 12.0. The van der Waals surface area contributed by atoms with Gasteiger partial charge in [-0.15, -0.1) is 0 Å². The van der Waals surface area contributed by atoms with Gasteiger partial charge in [-0.1, -0.05) is 36.4 Å². The monoisotopic (exact) mass is 311 g/mol. The van der Waals surface area contributed by atoms with Crippen LogP contribution in [0.1, 0.15) is 29.2 Å². The maximum atomic E-state index is 12.0. The first-order chi connectivity index (χ1) is 11.2. The molecule has 23 heavy (non-hydrogen) atoms. The van der Waals surface area contributed by atoms with Crippen LogP contribution in [0.5, 0.6) is 5.75 Å². The molecule has 0 fully saturated rings. The van der Waals surface area contributed by atoms with Gasteiger partial charge in [0.1, 0.15) is 5.75 Å². The SMILES string of the molecule is O=C(Cc1ccccc1)NCCC1OCCc2cc(O)ccc21. The van der Waals surface area contributed by atoms with Crippen LogP contribution in [0.15, 0.2) is 48.5 Å². The second-order valence-electron chi connectivity index (χ2n) is 5.79. The fourth-order valence-electron chi connectivity index (χ4n) is 2.95. The number of amides is 1. The average molecular weight is 311 g/mol. The lowest BCUT2D eigenvalue weighted by Gasteiger charge is -2.26. The van der Waals surface area contributed by atoms with Crippen molar-refractivity contribution in [3.8, 4) is 5.75 Å².